The molecule has 2 rings (SSSR count). The largest absolute Gasteiger partial charge is 0.352 e. The molecule has 0 saturated carbocycles. The van der Waals surface area contributed by atoms with Crippen LogP contribution in [0.3, 0.4) is 0 Å². The lowest BCUT2D eigenvalue weighted by atomic mass is 10.1. The smallest absolute Gasteiger partial charge is 0.254 e. The van der Waals surface area contributed by atoms with E-state index in [0.29, 0.717) is 18.1 Å². The molecule has 1 aromatic carbocycles. The molecule has 0 saturated heterocycles. The van der Waals surface area contributed by atoms with Gasteiger partial charge in [-0.05, 0) is 24.5 Å². The molecule has 0 aliphatic rings. The first-order valence-electron chi connectivity index (χ1n) is 8.19. The Kier molecular flexibility index (Phi) is 6.54. The molecule has 0 atom stereocenters. The number of rotatable bonds is 8. The highest BCUT2D eigenvalue weighted by molar-refractivity contribution is 5.93. The van der Waals surface area contributed by atoms with Crippen LogP contribution in [-0.2, 0) is 6.42 Å². The number of nitrogens with zero attached hydrogens (tertiary/aromatic N) is 2. The third kappa shape index (κ3) is 5.06. The van der Waals surface area contributed by atoms with E-state index < -0.39 is 0 Å². The molecule has 2 aromatic rings. The maximum Gasteiger partial charge on any atom is 0.254 e. The van der Waals surface area contributed by atoms with Gasteiger partial charge in [0.2, 0.25) is 5.95 Å². The number of aromatic nitrogens is 2. The molecule has 2 N–H and O–H groups in total. The van der Waals surface area contributed by atoms with Crippen molar-refractivity contribution in [2.75, 3.05) is 11.9 Å². The minimum absolute atomic E-state index is 0.124. The van der Waals surface area contributed by atoms with Crippen LogP contribution in [0.15, 0.2) is 36.7 Å². The van der Waals surface area contributed by atoms with E-state index in [0.717, 1.165) is 31.4 Å². The van der Waals surface area contributed by atoms with E-state index >= 15 is 0 Å². The minimum atomic E-state index is -0.124. The van der Waals surface area contributed by atoms with Crippen LogP contribution in [0.25, 0.3) is 0 Å². The van der Waals surface area contributed by atoms with Crippen molar-refractivity contribution in [2.24, 2.45) is 0 Å². The van der Waals surface area contributed by atoms with Gasteiger partial charge in [0.25, 0.3) is 5.91 Å². The summed E-state index contributed by atoms with van der Waals surface area (Å²) in [7, 11) is 0. The molecule has 0 radical (unpaired) electrons. The van der Waals surface area contributed by atoms with Crippen LogP contribution in [0.1, 0.15) is 49.0 Å². The van der Waals surface area contributed by atoms with Gasteiger partial charge in [0.15, 0.2) is 0 Å². The lowest BCUT2D eigenvalue weighted by molar-refractivity contribution is 0.0952. The molecule has 0 bridgehead atoms. The number of unbranched alkanes of at least 4 members (excludes halogenated alkanes) is 2. The molecule has 0 aliphatic carbocycles. The normalized spacial score (nSPS) is 10.3. The topological polar surface area (TPSA) is 66.9 Å². The summed E-state index contributed by atoms with van der Waals surface area (Å²) in [6, 6.07) is 8.05. The number of carbonyl (C=O) groups excluding carboxylic acids is 1. The Hall–Kier alpha value is -2.43. The molecule has 0 spiro atoms. The predicted octanol–water partition coefficient (Wildman–Crippen LogP) is 3.70. The highest BCUT2D eigenvalue weighted by Crippen LogP contribution is 2.18. The fraction of sp³-hybridized carbons (Fsp3) is 0.389. The summed E-state index contributed by atoms with van der Waals surface area (Å²) in [4.78, 5) is 20.4. The summed E-state index contributed by atoms with van der Waals surface area (Å²) < 4.78 is 0. The Morgan fingerprint density at radius 1 is 1.09 bits per heavy atom. The number of anilines is 2. The first kappa shape index (κ1) is 16.9. The Morgan fingerprint density at radius 2 is 1.83 bits per heavy atom. The Balaban J connectivity index is 1.95. The maximum atomic E-state index is 12.0. The van der Waals surface area contributed by atoms with Gasteiger partial charge in [0.1, 0.15) is 0 Å². The van der Waals surface area contributed by atoms with Gasteiger partial charge < -0.3 is 10.6 Å². The summed E-state index contributed by atoms with van der Waals surface area (Å²) >= 11 is 0. The average Bonchev–Trinajstić information content (AvgIpc) is 2.59. The molecule has 1 heterocycles. The van der Waals surface area contributed by atoms with E-state index in [2.05, 4.69) is 40.5 Å². The van der Waals surface area contributed by atoms with E-state index in [9.17, 15) is 4.79 Å². The number of hydrogen-bond acceptors (Lipinski definition) is 4. The van der Waals surface area contributed by atoms with Crippen molar-refractivity contribution in [3.63, 3.8) is 0 Å². The Labute approximate surface area is 137 Å². The first-order chi connectivity index (χ1) is 11.2. The number of amides is 1. The van der Waals surface area contributed by atoms with E-state index in [1.54, 1.807) is 12.4 Å². The fourth-order valence-electron chi connectivity index (χ4n) is 2.26. The average molecular weight is 312 g/mol. The molecule has 1 aromatic heterocycles. The Morgan fingerprint density at radius 3 is 2.52 bits per heavy atom. The van der Waals surface area contributed by atoms with Crippen LogP contribution < -0.4 is 10.6 Å². The predicted molar refractivity (Wildman–Crippen MR) is 93.0 cm³/mol. The van der Waals surface area contributed by atoms with E-state index in [4.69, 9.17) is 0 Å². The van der Waals surface area contributed by atoms with Crippen LogP contribution in [0.2, 0.25) is 0 Å². The molecule has 23 heavy (non-hydrogen) atoms. The highest BCUT2D eigenvalue weighted by atomic mass is 16.1. The van der Waals surface area contributed by atoms with Crippen molar-refractivity contribution < 1.29 is 4.79 Å². The number of hydrogen-bond donors (Lipinski definition) is 2. The zero-order chi connectivity index (χ0) is 16.5. The van der Waals surface area contributed by atoms with Gasteiger partial charge in [-0.3, -0.25) is 4.79 Å². The molecule has 0 aliphatic heterocycles. The van der Waals surface area contributed by atoms with Crippen molar-refractivity contribution in [2.45, 2.75) is 39.5 Å². The molecule has 5 nitrogen and oxygen atoms in total. The molecule has 0 unspecified atom stereocenters. The van der Waals surface area contributed by atoms with Crippen molar-refractivity contribution in [1.29, 1.82) is 0 Å². The lowest BCUT2D eigenvalue weighted by Crippen LogP contribution is -2.24. The SMILES string of the molecule is CCCCCNC(=O)c1cnc(Nc2ccccc2CC)nc1. The van der Waals surface area contributed by atoms with Crippen molar-refractivity contribution in [1.82, 2.24) is 15.3 Å². The third-order valence-corrected chi connectivity index (χ3v) is 3.62. The van der Waals surface area contributed by atoms with Crippen LogP contribution in [0, 0.1) is 0 Å². The zero-order valence-corrected chi connectivity index (χ0v) is 13.8. The molecular formula is C18H24N4O. The summed E-state index contributed by atoms with van der Waals surface area (Å²) in [5.41, 5.74) is 2.68. The van der Waals surface area contributed by atoms with Crippen molar-refractivity contribution in [3.8, 4) is 0 Å². The Bertz CT molecular complexity index is 625. The maximum absolute atomic E-state index is 12.0. The van der Waals surface area contributed by atoms with Gasteiger partial charge in [-0.15, -0.1) is 0 Å². The molecule has 122 valence electrons. The number of para-hydroxylation sites is 1. The monoisotopic (exact) mass is 312 g/mol. The number of aryl methyl sites for hydroxylation is 1. The minimum Gasteiger partial charge on any atom is -0.352 e. The highest BCUT2D eigenvalue weighted by Gasteiger charge is 2.07. The summed E-state index contributed by atoms with van der Waals surface area (Å²) in [5, 5.41) is 6.08. The standard InChI is InChI=1S/C18H24N4O/c1-3-5-8-11-19-17(23)15-12-20-18(21-13-15)22-16-10-7-6-9-14(16)4-2/h6-7,9-10,12-13H,3-5,8,11H2,1-2H3,(H,19,23)(H,20,21,22). The summed E-state index contributed by atoms with van der Waals surface area (Å²) in [6.07, 6.45) is 7.30. The van der Waals surface area contributed by atoms with Gasteiger partial charge in [-0.1, -0.05) is 44.9 Å². The fourth-order valence-corrected chi connectivity index (χ4v) is 2.26. The van der Waals surface area contributed by atoms with E-state index in [-0.39, 0.29) is 5.91 Å². The molecular weight excluding hydrogens is 288 g/mol. The summed E-state index contributed by atoms with van der Waals surface area (Å²) in [5.74, 6) is 0.370. The van der Waals surface area contributed by atoms with Crippen LogP contribution in [-0.4, -0.2) is 22.4 Å². The van der Waals surface area contributed by atoms with Gasteiger partial charge >= 0.3 is 0 Å². The molecule has 0 fully saturated rings. The first-order valence-corrected chi connectivity index (χ1v) is 8.19. The van der Waals surface area contributed by atoms with Crippen LogP contribution >= 0.6 is 0 Å². The second kappa shape index (κ2) is 8.88. The summed E-state index contributed by atoms with van der Waals surface area (Å²) in [6.45, 7) is 4.93. The van der Waals surface area contributed by atoms with Crippen molar-refractivity contribution in [3.05, 3.63) is 47.8 Å². The van der Waals surface area contributed by atoms with Gasteiger partial charge in [0.05, 0.1) is 5.56 Å². The van der Waals surface area contributed by atoms with E-state index in [1.165, 1.54) is 5.56 Å². The van der Waals surface area contributed by atoms with Crippen LogP contribution in [0.5, 0.6) is 0 Å². The molecule has 1 amide bonds. The van der Waals surface area contributed by atoms with Crippen molar-refractivity contribution >= 4 is 17.5 Å². The second-order valence-electron chi connectivity index (χ2n) is 5.39. The van der Waals surface area contributed by atoms with Gasteiger partial charge in [-0.2, -0.15) is 0 Å². The van der Waals surface area contributed by atoms with E-state index in [1.807, 2.05) is 18.2 Å². The van der Waals surface area contributed by atoms with Crippen LogP contribution in [0.4, 0.5) is 11.6 Å². The lowest BCUT2D eigenvalue weighted by Gasteiger charge is -2.09. The second-order valence-corrected chi connectivity index (χ2v) is 5.39. The zero-order valence-electron chi connectivity index (χ0n) is 13.8. The van der Waals surface area contributed by atoms with Gasteiger partial charge in [-0.25, -0.2) is 9.97 Å². The number of nitrogens with one attached hydrogen (secondary N) is 2. The number of benzene rings is 1. The third-order valence-electron chi connectivity index (χ3n) is 3.62. The molecule has 5 heteroatoms. The quantitative estimate of drug-likeness (QED) is 0.729. The number of carbonyl (C=O) groups is 1. The van der Waals surface area contributed by atoms with Gasteiger partial charge in [0, 0.05) is 24.6 Å².